The molecule has 0 spiro atoms. The van der Waals surface area contributed by atoms with Gasteiger partial charge in [0.2, 0.25) is 10.0 Å². The third-order valence-corrected chi connectivity index (χ3v) is 5.45. The summed E-state index contributed by atoms with van der Waals surface area (Å²) in [6.07, 6.45) is 1.89. The molecule has 0 aromatic heterocycles. The highest BCUT2D eigenvalue weighted by Gasteiger charge is 2.23. The quantitative estimate of drug-likeness (QED) is 0.839. The summed E-state index contributed by atoms with van der Waals surface area (Å²) in [4.78, 5) is -0.346. The molecule has 0 aliphatic heterocycles. The van der Waals surface area contributed by atoms with Gasteiger partial charge in [0.15, 0.2) is 0 Å². The number of thioether (sulfide) groups is 1. The van der Waals surface area contributed by atoms with Gasteiger partial charge in [-0.15, -0.1) is 0 Å². The van der Waals surface area contributed by atoms with Gasteiger partial charge in [-0.05, 0) is 37.8 Å². The average molecular weight is 306 g/mol. The van der Waals surface area contributed by atoms with E-state index in [1.807, 2.05) is 20.1 Å². The summed E-state index contributed by atoms with van der Waals surface area (Å²) in [6, 6.07) is 3.90. The second kappa shape index (κ2) is 6.21. The summed E-state index contributed by atoms with van der Waals surface area (Å²) in [5.74, 6) is -0.780. The van der Waals surface area contributed by atoms with Gasteiger partial charge in [-0.1, -0.05) is 6.07 Å². The van der Waals surface area contributed by atoms with Gasteiger partial charge < -0.3 is 5.73 Å². The van der Waals surface area contributed by atoms with Crippen molar-refractivity contribution in [2.75, 3.05) is 12.8 Å². The fourth-order valence-corrected chi connectivity index (χ4v) is 2.89. The van der Waals surface area contributed by atoms with Crippen LogP contribution in [0.3, 0.4) is 0 Å². The summed E-state index contributed by atoms with van der Waals surface area (Å²) < 4.78 is 40.0. The second-order valence-corrected chi connectivity index (χ2v) is 8.01. The van der Waals surface area contributed by atoms with Crippen molar-refractivity contribution in [3.8, 4) is 0 Å². The molecule has 0 amide bonds. The van der Waals surface area contributed by atoms with Gasteiger partial charge in [-0.2, -0.15) is 11.8 Å². The maximum absolute atomic E-state index is 13.8. The molecule has 0 saturated carbocycles. The molecule has 0 saturated heterocycles. The highest BCUT2D eigenvalue weighted by molar-refractivity contribution is 8.00. The summed E-state index contributed by atoms with van der Waals surface area (Å²) in [6.45, 7) is 4.22. The number of rotatable bonds is 6. The molecule has 7 heteroatoms. The van der Waals surface area contributed by atoms with Crippen LogP contribution in [0.25, 0.3) is 0 Å². The SMILES string of the molecule is CSC(C)(C)CNS(=O)(=O)c1ccc(CN)cc1F. The smallest absolute Gasteiger partial charge is 0.243 e. The highest BCUT2D eigenvalue weighted by atomic mass is 32.2. The summed E-state index contributed by atoms with van der Waals surface area (Å²) in [7, 11) is -3.84. The minimum absolute atomic E-state index is 0.171. The molecule has 0 aliphatic rings. The largest absolute Gasteiger partial charge is 0.326 e. The molecule has 0 radical (unpaired) electrons. The van der Waals surface area contributed by atoms with Gasteiger partial charge in [0, 0.05) is 17.8 Å². The first kappa shape index (κ1) is 16.4. The maximum atomic E-state index is 13.8. The number of sulfonamides is 1. The van der Waals surface area contributed by atoms with Crippen molar-refractivity contribution in [2.24, 2.45) is 5.73 Å². The molecule has 3 N–H and O–H groups in total. The Kier molecular flexibility index (Phi) is 5.37. The van der Waals surface area contributed by atoms with Crippen molar-refractivity contribution in [2.45, 2.75) is 30.0 Å². The normalized spacial score (nSPS) is 12.7. The van der Waals surface area contributed by atoms with E-state index < -0.39 is 15.8 Å². The molecule has 0 bridgehead atoms. The zero-order chi connectivity index (χ0) is 14.7. The van der Waals surface area contributed by atoms with Gasteiger partial charge >= 0.3 is 0 Å². The van der Waals surface area contributed by atoms with Crippen LogP contribution >= 0.6 is 11.8 Å². The first-order valence-corrected chi connectivity index (χ1v) is 8.46. The number of hydrogen-bond acceptors (Lipinski definition) is 4. The fourth-order valence-electron chi connectivity index (χ4n) is 1.31. The van der Waals surface area contributed by atoms with Gasteiger partial charge in [0.25, 0.3) is 0 Å². The van der Waals surface area contributed by atoms with Crippen LogP contribution in [0.5, 0.6) is 0 Å². The zero-order valence-electron chi connectivity index (χ0n) is 11.2. The zero-order valence-corrected chi connectivity index (χ0v) is 12.9. The monoisotopic (exact) mass is 306 g/mol. The third-order valence-electron chi connectivity index (χ3n) is 2.76. The van der Waals surface area contributed by atoms with Gasteiger partial charge in [-0.25, -0.2) is 17.5 Å². The van der Waals surface area contributed by atoms with Crippen molar-refractivity contribution in [3.05, 3.63) is 29.6 Å². The lowest BCUT2D eigenvalue weighted by Crippen LogP contribution is -2.36. The molecule has 0 fully saturated rings. The molecule has 0 unspecified atom stereocenters. The fraction of sp³-hybridized carbons (Fsp3) is 0.500. The van der Waals surface area contributed by atoms with E-state index in [0.29, 0.717) is 5.56 Å². The van der Waals surface area contributed by atoms with Crippen LogP contribution in [0, 0.1) is 5.82 Å². The summed E-state index contributed by atoms with van der Waals surface area (Å²) >= 11 is 1.54. The molecular weight excluding hydrogens is 287 g/mol. The van der Waals surface area contributed by atoms with Crippen LogP contribution in [0.15, 0.2) is 23.1 Å². The molecule has 0 aliphatic carbocycles. The number of nitrogens with two attached hydrogens (primary N) is 1. The first-order valence-electron chi connectivity index (χ1n) is 5.75. The third kappa shape index (κ3) is 4.45. The van der Waals surface area contributed by atoms with Crippen molar-refractivity contribution in [1.29, 1.82) is 0 Å². The molecular formula is C12H19FN2O2S2. The lowest BCUT2D eigenvalue weighted by Gasteiger charge is -2.22. The standard InChI is InChI=1S/C12H19FN2O2S2/c1-12(2,18-3)8-15-19(16,17)11-5-4-9(7-14)6-10(11)13/h4-6,15H,7-8,14H2,1-3H3. The van der Waals surface area contributed by atoms with Crippen LogP contribution in [0.1, 0.15) is 19.4 Å². The molecule has 19 heavy (non-hydrogen) atoms. The molecule has 1 rings (SSSR count). The van der Waals surface area contributed by atoms with E-state index >= 15 is 0 Å². The summed E-state index contributed by atoms with van der Waals surface area (Å²) in [5.41, 5.74) is 5.93. The molecule has 1 aromatic carbocycles. The van der Waals surface area contributed by atoms with E-state index in [9.17, 15) is 12.8 Å². The Balaban J connectivity index is 2.95. The van der Waals surface area contributed by atoms with E-state index in [-0.39, 0.29) is 22.7 Å². The van der Waals surface area contributed by atoms with Crippen molar-refractivity contribution in [1.82, 2.24) is 4.72 Å². The highest BCUT2D eigenvalue weighted by Crippen LogP contribution is 2.21. The lowest BCUT2D eigenvalue weighted by molar-refractivity contribution is 0.549. The Morgan fingerprint density at radius 2 is 2.05 bits per heavy atom. The predicted octanol–water partition coefficient (Wildman–Crippen LogP) is 1.70. The summed E-state index contributed by atoms with van der Waals surface area (Å²) in [5, 5.41) is 0. The van der Waals surface area contributed by atoms with E-state index in [0.717, 1.165) is 6.07 Å². The van der Waals surface area contributed by atoms with Gasteiger partial charge in [0.05, 0.1) is 0 Å². The molecule has 108 valence electrons. The molecule has 0 heterocycles. The van der Waals surface area contributed by atoms with Crippen molar-refractivity contribution < 1.29 is 12.8 Å². The Labute approximate surface area is 118 Å². The van der Waals surface area contributed by atoms with Gasteiger partial charge in [0.1, 0.15) is 10.7 Å². The van der Waals surface area contributed by atoms with Crippen LogP contribution in [-0.4, -0.2) is 26.0 Å². The van der Waals surface area contributed by atoms with Crippen LogP contribution in [0.4, 0.5) is 4.39 Å². The van der Waals surface area contributed by atoms with Crippen molar-refractivity contribution >= 4 is 21.8 Å². The molecule has 4 nitrogen and oxygen atoms in total. The maximum Gasteiger partial charge on any atom is 0.243 e. The number of hydrogen-bond donors (Lipinski definition) is 2. The number of benzene rings is 1. The average Bonchev–Trinajstić information content (AvgIpc) is 2.36. The van der Waals surface area contributed by atoms with E-state index in [4.69, 9.17) is 5.73 Å². The van der Waals surface area contributed by atoms with Crippen LogP contribution in [0.2, 0.25) is 0 Å². The minimum atomic E-state index is -3.84. The Morgan fingerprint density at radius 3 is 2.53 bits per heavy atom. The van der Waals surface area contributed by atoms with E-state index in [1.165, 1.54) is 23.9 Å². The first-order chi connectivity index (χ1) is 8.72. The number of nitrogens with one attached hydrogen (secondary N) is 1. The van der Waals surface area contributed by atoms with Crippen molar-refractivity contribution in [3.63, 3.8) is 0 Å². The minimum Gasteiger partial charge on any atom is -0.326 e. The second-order valence-electron chi connectivity index (χ2n) is 4.76. The van der Waals surface area contributed by atoms with E-state index in [2.05, 4.69) is 4.72 Å². The topological polar surface area (TPSA) is 72.2 Å². The van der Waals surface area contributed by atoms with E-state index in [1.54, 1.807) is 0 Å². The Morgan fingerprint density at radius 1 is 1.42 bits per heavy atom. The predicted molar refractivity (Wildman–Crippen MR) is 77.1 cm³/mol. The Hall–Kier alpha value is -0.630. The van der Waals surface area contributed by atoms with Gasteiger partial charge in [-0.3, -0.25) is 0 Å². The van der Waals surface area contributed by atoms with Crippen LogP contribution in [-0.2, 0) is 16.6 Å². The van der Waals surface area contributed by atoms with Crippen LogP contribution < -0.4 is 10.5 Å². The molecule has 1 aromatic rings. The Bertz CT molecular complexity index is 545. The lowest BCUT2D eigenvalue weighted by atomic mass is 10.2. The number of halogens is 1. The molecule has 0 atom stereocenters.